The van der Waals surface area contributed by atoms with Crippen LogP contribution in [0.1, 0.15) is 10.4 Å². The predicted molar refractivity (Wildman–Crippen MR) is 99.0 cm³/mol. The molecule has 0 fully saturated rings. The van der Waals surface area contributed by atoms with Gasteiger partial charge in [0.1, 0.15) is 0 Å². The lowest BCUT2D eigenvalue weighted by molar-refractivity contribution is -0.121. The first-order valence-corrected chi connectivity index (χ1v) is 9.36. The molecule has 0 aliphatic carbocycles. The van der Waals surface area contributed by atoms with Crippen LogP contribution >= 0.6 is 39.3 Å². The number of thioether (sulfide) groups is 1. The number of carbonyl (C=O) groups is 2. The Morgan fingerprint density at radius 2 is 2.04 bits per heavy atom. The van der Waals surface area contributed by atoms with Gasteiger partial charge in [0, 0.05) is 21.7 Å². The van der Waals surface area contributed by atoms with Crippen molar-refractivity contribution in [1.29, 1.82) is 0 Å². The number of anilines is 1. The normalized spacial score (nSPS) is 13.3. The van der Waals surface area contributed by atoms with Crippen molar-refractivity contribution in [2.45, 2.75) is 4.90 Å². The number of carbonyl (C=O) groups excluding carboxylic acids is 2. The number of hydrogen-bond acceptors (Lipinski definition) is 4. The number of benzene rings is 2. The molecule has 0 radical (unpaired) electrons. The maximum Gasteiger partial charge on any atom is 0.340 e. The van der Waals surface area contributed by atoms with E-state index in [4.69, 9.17) is 16.3 Å². The molecule has 0 saturated carbocycles. The highest BCUT2D eigenvalue weighted by atomic mass is 79.9. The van der Waals surface area contributed by atoms with Crippen molar-refractivity contribution in [2.24, 2.45) is 0 Å². The number of nitrogens with zero attached hydrogens (tertiary/aromatic N) is 1. The molecule has 1 heterocycles. The van der Waals surface area contributed by atoms with E-state index >= 15 is 0 Å². The van der Waals surface area contributed by atoms with Crippen LogP contribution in [-0.2, 0) is 9.53 Å². The maximum atomic E-state index is 12.4. The zero-order valence-corrected chi connectivity index (χ0v) is 15.7. The number of rotatable bonds is 3. The second-order valence-corrected chi connectivity index (χ2v) is 7.52. The molecule has 2 aromatic rings. The van der Waals surface area contributed by atoms with Gasteiger partial charge in [0.2, 0.25) is 0 Å². The summed E-state index contributed by atoms with van der Waals surface area (Å²) in [6, 6.07) is 12.6. The average Bonchev–Trinajstić information content (AvgIpc) is 2.61. The van der Waals surface area contributed by atoms with Gasteiger partial charge in [0.15, 0.2) is 6.61 Å². The molecule has 0 unspecified atom stereocenters. The lowest BCUT2D eigenvalue weighted by Crippen LogP contribution is -2.38. The van der Waals surface area contributed by atoms with Gasteiger partial charge >= 0.3 is 5.97 Å². The number of ether oxygens (including phenoxy) is 1. The monoisotopic (exact) mass is 425 g/mol. The van der Waals surface area contributed by atoms with Crippen molar-refractivity contribution in [3.05, 3.63) is 57.5 Å². The molecule has 0 bridgehead atoms. The number of hydrogen-bond donors (Lipinski definition) is 0. The molecular formula is C17H13BrClNO3S. The van der Waals surface area contributed by atoms with Gasteiger partial charge < -0.3 is 9.64 Å². The SMILES string of the molecule is O=C(OCC(=O)N1CCSc2ccccc21)c1cc(Br)ccc1Cl. The Morgan fingerprint density at radius 3 is 2.88 bits per heavy atom. The minimum Gasteiger partial charge on any atom is -0.452 e. The van der Waals surface area contributed by atoms with Gasteiger partial charge in [0.25, 0.3) is 5.91 Å². The number of amides is 1. The number of fused-ring (bicyclic) bond motifs is 1. The minimum absolute atomic E-state index is 0.230. The molecule has 1 aliphatic rings. The summed E-state index contributed by atoms with van der Waals surface area (Å²) in [4.78, 5) is 27.3. The van der Waals surface area contributed by atoms with E-state index in [2.05, 4.69) is 15.9 Å². The van der Waals surface area contributed by atoms with Gasteiger partial charge in [0.05, 0.1) is 16.3 Å². The number of halogens is 2. The van der Waals surface area contributed by atoms with Gasteiger partial charge in [-0.25, -0.2) is 4.79 Å². The minimum atomic E-state index is -0.616. The highest BCUT2D eigenvalue weighted by Crippen LogP contribution is 2.34. The van der Waals surface area contributed by atoms with E-state index in [1.54, 1.807) is 34.9 Å². The van der Waals surface area contributed by atoms with Crippen LogP contribution in [0.5, 0.6) is 0 Å². The molecule has 0 saturated heterocycles. The highest BCUT2D eigenvalue weighted by Gasteiger charge is 2.24. The molecule has 0 aromatic heterocycles. The van der Waals surface area contributed by atoms with Crippen LogP contribution in [0.25, 0.3) is 0 Å². The summed E-state index contributed by atoms with van der Waals surface area (Å²) in [5.41, 5.74) is 1.09. The first-order chi connectivity index (χ1) is 11.6. The molecule has 7 heteroatoms. The Labute approximate surface area is 157 Å². The maximum absolute atomic E-state index is 12.4. The second-order valence-electron chi connectivity index (χ2n) is 5.06. The zero-order chi connectivity index (χ0) is 17.1. The fraction of sp³-hybridized carbons (Fsp3) is 0.176. The molecule has 1 aliphatic heterocycles. The Bertz CT molecular complexity index is 799. The molecule has 4 nitrogen and oxygen atoms in total. The van der Waals surface area contributed by atoms with Crippen molar-refractivity contribution in [3.63, 3.8) is 0 Å². The molecule has 24 heavy (non-hydrogen) atoms. The molecule has 2 aromatic carbocycles. The smallest absolute Gasteiger partial charge is 0.340 e. The van der Waals surface area contributed by atoms with Crippen molar-refractivity contribution in [1.82, 2.24) is 0 Å². The summed E-state index contributed by atoms with van der Waals surface area (Å²) in [6.45, 7) is 0.274. The Morgan fingerprint density at radius 1 is 1.25 bits per heavy atom. The van der Waals surface area contributed by atoms with Crippen molar-refractivity contribution in [2.75, 3.05) is 23.8 Å². The van der Waals surface area contributed by atoms with Gasteiger partial charge in [-0.15, -0.1) is 11.8 Å². The van der Waals surface area contributed by atoms with E-state index in [-0.39, 0.29) is 23.1 Å². The number of para-hydroxylation sites is 1. The van der Waals surface area contributed by atoms with Gasteiger partial charge in [-0.1, -0.05) is 39.7 Å². The van der Waals surface area contributed by atoms with Crippen LogP contribution in [-0.4, -0.2) is 30.8 Å². The van der Waals surface area contributed by atoms with Crippen LogP contribution in [0.2, 0.25) is 5.02 Å². The van der Waals surface area contributed by atoms with E-state index in [0.29, 0.717) is 11.0 Å². The molecular weight excluding hydrogens is 414 g/mol. The summed E-state index contributed by atoms with van der Waals surface area (Å²) >= 11 is 11.0. The van der Waals surface area contributed by atoms with E-state index < -0.39 is 5.97 Å². The van der Waals surface area contributed by atoms with Gasteiger partial charge in [-0.2, -0.15) is 0 Å². The summed E-state index contributed by atoms with van der Waals surface area (Å²) in [5.74, 6) is -0.0507. The molecule has 0 spiro atoms. The third kappa shape index (κ3) is 3.77. The van der Waals surface area contributed by atoms with E-state index in [9.17, 15) is 9.59 Å². The number of esters is 1. The van der Waals surface area contributed by atoms with Crippen LogP contribution in [0.3, 0.4) is 0 Å². The second kappa shape index (κ2) is 7.59. The predicted octanol–water partition coefficient (Wildman–Crippen LogP) is 4.40. The van der Waals surface area contributed by atoms with Crippen LogP contribution in [0.4, 0.5) is 5.69 Å². The molecule has 0 N–H and O–H groups in total. The van der Waals surface area contributed by atoms with Crippen LogP contribution < -0.4 is 4.90 Å². The fourth-order valence-electron chi connectivity index (χ4n) is 2.37. The summed E-state index contributed by atoms with van der Waals surface area (Å²) < 4.78 is 5.87. The Kier molecular flexibility index (Phi) is 5.48. The first kappa shape index (κ1) is 17.3. The van der Waals surface area contributed by atoms with Crippen molar-refractivity contribution >= 4 is 56.9 Å². The highest BCUT2D eigenvalue weighted by molar-refractivity contribution is 9.10. The fourth-order valence-corrected chi connectivity index (χ4v) is 3.92. The molecule has 3 rings (SSSR count). The third-order valence-electron chi connectivity index (χ3n) is 3.50. The van der Waals surface area contributed by atoms with Gasteiger partial charge in [-0.3, -0.25) is 4.79 Å². The van der Waals surface area contributed by atoms with Crippen LogP contribution in [0.15, 0.2) is 51.8 Å². The summed E-state index contributed by atoms with van der Waals surface area (Å²) in [5, 5.41) is 0.287. The lowest BCUT2D eigenvalue weighted by Gasteiger charge is -2.28. The van der Waals surface area contributed by atoms with Crippen molar-refractivity contribution in [3.8, 4) is 0 Å². The average molecular weight is 427 g/mol. The van der Waals surface area contributed by atoms with E-state index in [1.807, 2.05) is 24.3 Å². The standard InChI is InChI=1S/C17H13BrClNO3S/c18-11-5-6-13(19)12(9-11)17(22)23-10-16(21)20-7-8-24-15-4-2-1-3-14(15)20/h1-6,9H,7-8,10H2. The van der Waals surface area contributed by atoms with Crippen LogP contribution in [0, 0.1) is 0 Å². The van der Waals surface area contributed by atoms with Crippen molar-refractivity contribution < 1.29 is 14.3 Å². The quantitative estimate of drug-likeness (QED) is 0.683. The van der Waals surface area contributed by atoms with E-state index in [0.717, 1.165) is 16.3 Å². The summed E-state index contributed by atoms with van der Waals surface area (Å²) in [6.07, 6.45) is 0. The first-order valence-electron chi connectivity index (χ1n) is 7.20. The Balaban J connectivity index is 1.68. The van der Waals surface area contributed by atoms with E-state index in [1.165, 1.54) is 0 Å². The Hall–Kier alpha value is -1.50. The lowest BCUT2D eigenvalue weighted by atomic mass is 10.2. The third-order valence-corrected chi connectivity index (χ3v) is 5.37. The van der Waals surface area contributed by atoms with Gasteiger partial charge in [-0.05, 0) is 30.3 Å². The topological polar surface area (TPSA) is 46.6 Å². The zero-order valence-electron chi connectivity index (χ0n) is 12.5. The molecule has 0 atom stereocenters. The summed E-state index contributed by atoms with van der Waals surface area (Å²) in [7, 11) is 0. The molecule has 124 valence electrons. The largest absolute Gasteiger partial charge is 0.452 e. The molecule has 1 amide bonds.